The Bertz CT molecular complexity index is 708. The monoisotopic (exact) mass is 323 g/mol. The number of anilines is 1. The maximum absolute atomic E-state index is 11.1. The van der Waals surface area contributed by atoms with Crippen LogP contribution in [0.5, 0.6) is 0 Å². The van der Waals surface area contributed by atoms with Crippen molar-refractivity contribution in [2.45, 2.75) is 51.6 Å². The highest BCUT2D eigenvalue weighted by Gasteiger charge is 2.32. The Morgan fingerprint density at radius 2 is 1.83 bits per heavy atom. The van der Waals surface area contributed by atoms with Crippen molar-refractivity contribution in [3.63, 3.8) is 0 Å². The third kappa shape index (κ3) is 3.61. The fourth-order valence-electron chi connectivity index (χ4n) is 3.75. The maximum Gasteiger partial charge on any atom is 0.305 e. The van der Waals surface area contributed by atoms with Gasteiger partial charge in [0.05, 0.1) is 6.42 Å². The number of hydrogen-bond donors (Lipinski definition) is 1. The molecule has 0 radical (unpaired) electrons. The van der Waals surface area contributed by atoms with Gasteiger partial charge in [-0.3, -0.25) is 4.79 Å². The first-order chi connectivity index (χ1) is 11.5. The zero-order valence-corrected chi connectivity index (χ0v) is 14.4. The summed E-state index contributed by atoms with van der Waals surface area (Å²) in [7, 11) is 0. The van der Waals surface area contributed by atoms with Crippen molar-refractivity contribution in [3.8, 4) is 0 Å². The minimum atomic E-state index is -0.713. The van der Waals surface area contributed by atoms with E-state index in [1.165, 1.54) is 16.7 Å². The van der Waals surface area contributed by atoms with E-state index >= 15 is 0 Å². The Morgan fingerprint density at radius 1 is 1.12 bits per heavy atom. The number of nitrogens with zero attached hydrogens (tertiary/aromatic N) is 1. The first-order valence-electron chi connectivity index (χ1n) is 8.68. The van der Waals surface area contributed by atoms with E-state index in [0.29, 0.717) is 6.04 Å². The van der Waals surface area contributed by atoms with Crippen LogP contribution in [0.4, 0.5) is 5.69 Å². The summed E-state index contributed by atoms with van der Waals surface area (Å²) in [6, 6.07) is 17.6. The van der Waals surface area contributed by atoms with E-state index in [0.717, 1.165) is 24.9 Å². The lowest BCUT2D eigenvalue weighted by Crippen LogP contribution is -2.35. The zero-order valence-electron chi connectivity index (χ0n) is 14.4. The normalized spacial score (nSPS) is 20.3. The van der Waals surface area contributed by atoms with E-state index in [1.807, 2.05) is 0 Å². The number of hydrogen-bond acceptors (Lipinski definition) is 2. The molecule has 0 saturated carbocycles. The van der Waals surface area contributed by atoms with Gasteiger partial charge in [-0.15, -0.1) is 0 Å². The van der Waals surface area contributed by atoms with Crippen molar-refractivity contribution >= 4 is 11.7 Å². The summed E-state index contributed by atoms with van der Waals surface area (Å²) in [5, 5.41) is 9.13. The van der Waals surface area contributed by atoms with Crippen LogP contribution in [0, 0.1) is 6.92 Å². The lowest BCUT2D eigenvalue weighted by Gasteiger charge is -2.30. The van der Waals surface area contributed by atoms with E-state index in [-0.39, 0.29) is 12.5 Å². The second-order valence-electron chi connectivity index (χ2n) is 6.86. The van der Waals surface area contributed by atoms with Gasteiger partial charge in [-0.1, -0.05) is 36.4 Å². The molecule has 3 nitrogen and oxygen atoms in total. The summed E-state index contributed by atoms with van der Waals surface area (Å²) in [4.78, 5) is 13.4. The van der Waals surface area contributed by atoms with Crippen molar-refractivity contribution in [2.75, 3.05) is 4.90 Å². The molecule has 1 heterocycles. The van der Waals surface area contributed by atoms with Gasteiger partial charge in [0.15, 0.2) is 0 Å². The molecule has 0 aliphatic carbocycles. The summed E-state index contributed by atoms with van der Waals surface area (Å²) in [6.45, 7) is 4.33. The van der Waals surface area contributed by atoms with Crippen LogP contribution >= 0.6 is 0 Å². The minimum Gasteiger partial charge on any atom is -0.481 e. The van der Waals surface area contributed by atoms with Gasteiger partial charge in [0.25, 0.3) is 0 Å². The number of benzene rings is 2. The smallest absolute Gasteiger partial charge is 0.305 e. The SMILES string of the molecule is Cc1ccccc1Cc1ccc(N2[C@H](CC(=O)O)CC[C@@H]2C)cc1. The third-order valence-electron chi connectivity index (χ3n) is 5.09. The van der Waals surface area contributed by atoms with Crippen LogP contribution < -0.4 is 4.90 Å². The Kier molecular flexibility index (Phi) is 4.89. The number of carboxylic acid groups (broad SMARTS) is 1. The molecule has 0 spiro atoms. The molecule has 0 unspecified atom stereocenters. The number of carboxylic acids is 1. The van der Waals surface area contributed by atoms with E-state index in [9.17, 15) is 4.79 Å². The molecule has 126 valence electrons. The predicted molar refractivity (Wildman–Crippen MR) is 97.6 cm³/mol. The van der Waals surface area contributed by atoms with Crippen LogP contribution in [0.15, 0.2) is 48.5 Å². The first kappa shape index (κ1) is 16.6. The summed E-state index contributed by atoms with van der Waals surface area (Å²) < 4.78 is 0. The molecule has 0 amide bonds. The van der Waals surface area contributed by atoms with Crippen molar-refractivity contribution in [2.24, 2.45) is 0 Å². The molecule has 0 aromatic heterocycles. The molecule has 1 N–H and O–H groups in total. The second kappa shape index (κ2) is 7.08. The largest absolute Gasteiger partial charge is 0.481 e. The number of aryl methyl sites for hydroxylation is 1. The van der Waals surface area contributed by atoms with Gasteiger partial charge in [-0.05, 0) is 61.9 Å². The summed E-state index contributed by atoms with van der Waals surface area (Å²) >= 11 is 0. The van der Waals surface area contributed by atoms with Gasteiger partial charge >= 0.3 is 5.97 Å². The van der Waals surface area contributed by atoms with E-state index < -0.39 is 5.97 Å². The lowest BCUT2D eigenvalue weighted by molar-refractivity contribution is -0.137. The average molecular weight is 323 g/mol. The summed E-state index contributed by atoms with van der Waals surface area (Å²) in [5.41, 5.74) is 5.09. The van der Waals surface area contributed by atoms with E-state index in [4.69, 9.17) is 5.11 Å². The molecule has 2 aromatic rings. The highest BCUT2D eigenvalue weighted by Crippen LogP contribution is 2.32. The van der Waals surface area contributed by atoms with Crippen LogP contribution in [-0.4, -0.2) is 23.2 Å². The van der Waals surface area contributed by atoms with Crippen molar-refractivity contribution < 1.29 is 9.90 Å². The van der Waals surface area contributed by atoms with Gasteiger partial charge < -0.3 is 10.0 Å². The average Bonchev–Trinajstić information content (AvgIpc) is 2.90. The van der Waals surface area contributed by atoms with Gasteiger partial charge in [-0.25, -0.2) is 0 Å². The van der Waals surface area contributed by atoms with E-state index in [2.05, 4.69) is 67.3 Å². The molecule has 2 atom stereocenters. The highest BCUT2D eigenvalue weighted by atomic mass is 16.4. The van der Waals surface area contributed by atoms with Gasteiger partial charge in [-0.2, -0.15) is 0 Å². The van der Waals surface area contributed by atoms with Gasteiger partial charge in [0.1, 0.15) is 0 Å². The van der Waals surface area contributed by atoms with Gasteiger partial charge in [0, 0.05) is 17.8 Å². The highest BCUT2D eigenvalue weighted by molar-refractivity contribution is 5.69. The fraction of sp³-hybridized carbons (Fsp3) is 0.381. The topological polar surface area (TPSA) is 40.5 Å². The van der Waals surface area contributed by atoms with Crippen molar-refractivity contribution in [3.05, 3.63) is 65.2 Å². The molecule has 1 fully saturated rings. The second-order valence-corrected chi connectivity index (χ2v) is 6.86. The summed E-state index contributed by atoms with van der Waals surface area (Å²) in [6.07, 6.45) is 3.16. The molecule has 1 saturated heterocycles. The molecule has 3 rings (SSSR count). The fourth-order valence-corrected chi connectivity index (χ4v) is 3.75. The molecule has 1 aliphatic heterocycles. The number of carbonyl (C=O) groups is 1. The Balaban J connectivity index is 1.76. The molecular formula is C21H25NO2. The first-order valence-corrected chi connectivity index (χ1v) is 8.68. The number of rotatable bonds is 5. The molecular weight excluding hydrogens is 298 g/mol. The maximum atomic E-state index is 11.1. The minimum absolute atomic E-state index is 0.111. The Morgan fingerprint density at radius 3 is 2.50 bits per heavy atom. The van der Waals surface area contributed by atoms with Crippen LogP contribution in [0.1, 0.15) is 42.9 Å². The lowest BCUT2D eigenvalue weighted by atomic mass is 10.0. The summed E-state index contributed by atoms with van der Waals surface area (Å²) in [5.74, 6) is -0.713. The van der Waals surface area contributed by atoms with Gasteiger partial charge in [0.2, 0.25) is 0 Å². The number of aliphatic carboxylic acids is 1. The van der Waals surface area contributed by atoms with Crippen LogP contribution in [-0.2, 0) is 11.2 Å². The predicted octanol–water partition coefficient (Wildman–Crippen LogP) is 4.42. The third-order valence-corrected chi connectivity index (χ3v) is 5.09. The zero-order chi connectivity index (χ0) is 17.1. The molecule has 3 heteroatoms. The quantitative estimate of drug-likeness (QED) is 0.885. The molecule has 0 bridgehead atoms. The van der Waals surface area contributed by atoms with Crippen molar-refractivity contribution in [1.29, 1.82) is 0 Å². The van der Waals surface area contributed by atoms with E-state index in [1.54, 1.807) is 0 Å². The molecule has 1 aliphatic rings. The molecule has 2 aromatic carbocycles. The van der Waals surface area contributed by atoms with Crippen molar-refractivity contribution in [1.82, 2.24) is 0 Å². The van der Waals surface area contributed by atoms with Crippen LogP contribution in [0.3, 0.4) is 0 Å². The Labute approximate surface area is 143 Å². The Hall–Kier alpha value is -2.29. The van der Waals surface area contributed by atoms with Crippen LogP contribution in [0.25, 0.3) is 0 Å². The van der Waals surface area contributed by atoms with Crippen LogP contribution in [0.2, 0.25) is 0 Å². The molecule has 24 heavy (non-hydrogen) atoms. The standard InChI is InChI=1S/C21H25NO2/c1-15-5-3-4-6-18(15)13-17-8-11-19(12-9-17)22-16(2)7-10-20(22)14-21(23)24/h3-6,8-9,11-12,16,20H,7,10,13-14H2,1-2H3,(H,23,24)/t16-,20-/m0/s1.